The van der Waals surface area contributed by atoms with E-state index < -0.39 is 0 Å². The summed E-state index contributed by atoms with van der Waals surface area (Å²) in [5.41, 5.74) is 7.31. The lowest BCUT2D eigenvalue weighted by atomic mass is 10.2. The molecule has 1 aromatic carbocycles. The van der Waals surface area contributed by atoms with Gasteiger partial charge in [-0.3, -0.25) is 9.36 Å². The van der Waals surface area contributed by atoms with E-state index in [-0.39, 0.29) is 5.91 Å². The first kappa shape index (κ1) is 11.3. The van der Waals surface area contributed by atoms with Gasteiger partial charge in [0, 0.05) is 11.6 Å². The van der Waals surface area contributed by atoms with Crippen molar-refractivity contribution in [2.75, 3.05) is 5.73 Å². The number of nitrogens with two attached hydrogens (primary N) is 1. The number of hydrogen-bond donors (Lipinski definition) is 1. The lowest BCUT2D eigenvalue weighted by Gasteiger charge is -2.00. The number of aromatic nitrogens is 1. The van der Waals surface area contributed by atoms with Crippen LogP contribution in [0.5, 0.6) is 0 Å². The number of carbonyl (C=O) groups excluding carboxylic acids is 1. The second-order valence-corrected chi connectivity index (χ2v) is 5.60. The number of benzene rings is 1. The Hall–Kier alpha value is -1.78. The summed E-state index contributed by atoms with van der Waals surface area (Å²) in [5, 5.41) is 0.883. The van der Waals surface area contributed by atoms with Gasteiger partial charge in [-0.25, -0.2) is 0 Å². The summed E-state index contributed by atoms with van der Waals surface area (Å²) in [6, 6.07) is 11.0. The van der Waals surface area contributed by atoms with E-state index in [0.29, 0.717) is 14.9 Å². The maximum atomic E-state index is 12.3. The van der Waals surface area contributed by atoms with Crippen LogP contribution in [0.25, 0.3) is 10.9 Å². The topological polar surface area (TPSA) is 48.0 Å². The zero-order chi connectivity index (χ0) is 12.7. The van der Waals surface area contributed by atoms with Crippen LogP contribution in [0.3, 0.4) is 0 Å². The highest BCUT2D eigenvalue weighted by Gasteiger charge is 2.15. The minimum absolute atomic E-state index is 0.111. The van der Waals surface area contributed by atoms with Gasteiger partial charge in [-0.05, 0) is 18.2 Å². The Morgan fingerprint density at radius 1 is 1.22 bits per heavy atom. The minimum Gasteiger partial charge on any atom is -0.397 e. The van der Waals surface area contributed by atoms with E-state index in [9.17, 15) is 4.79 Å². The molecule has 0 saturated carbocycles. The summed E-state index contributed by atoms with van der Waals surface area (Å²) in [5.74, 6) is -0.111. The highest BCUT2D eigenvalue weighted by molar-refractivity contribution is 7.18. The number of nitrogens with zero attached hydrogens (tertiary/aromatic N) is 1. The predicted octanol–water partition coefficient (Wildman–Crippen LogP) is 3.63. The zero-order valence-corrected chi connectivity index (χ0v) is 10.8. The fourth-order valence-electron chi connectivity index (χ4n) is 1.92. The molecule has 0 aliphatic rings. The molecule has 0 saturated heterocycles. The van der Waals surface area contributed by atoms with E-state index in [4.69, 9.17) is 17.3 Å². The van der Waals surface area contributed by atoms with Crippen molar-refractivity contribution in [2.45, 2.75) is 0 Å². The van der Waals surface area contributed by atoms with Crippen LogP contribution in [0.15, 0.2) is 42.6 Å². The summed E-state index contributed by atoms with van der Waals surface area (Å²) >= 11 is 7.11. The van der Waals surface area contributed by atoms with Gasteiger partial charge in [0.05, 0.1) is 20.4 Å². The molecule has 0 aliphatic carbocycles. The molecule has 3 rings (SSSR count). The first-order chi connectivity index (χ1) is 8.66. The molecule has 0 atom stereocenters. The fourth-order valence-corrected chi connectivity index (χ4v) is 2.90. The van der Waals surface area contributed by atoms with E-state index in [0.717, 1.165) is 10.9 Å². The number of halogens is 1. The first-order valence-corrected chi connectivity index (χ1v) is 6.52. The van der Waals surface area contributed by atoms with Crippen LogP contribution in [0.2, 0.25) is 4.34 Å². The Morgan fingerprint density at radius 3 is 2.72 bits per heavy atom. The van der Waals surface area contributed by atoms with Crippen molar-refractivity contribution in [3.8, 4) is 0 Å². The third-order valence-electron chi connectivity index (χ3n) is 2.75. The van der Waals surface area contributed by atoms with Gasteiger partial charge in [-0.2, -0.15) is 0 Å². The fraction of sp³-hybridized carbons (Fsp3) is 0. The number of thiophene rings is 1. The number of nitrogen functional groups attached to an aromatic ring is 1. The van der Waals surface area contributed by atoms with Gasteiger partial charge in [0.25, 0.3) is 5.91 Å². The van der Waals surface area contributed by atoms with Gasteiger partial charge in [0.15, 0.2) is 0 Å². The summed E-state index contributed by atoms with van der Waals surface area (Å²) in [4.78, 5) is 12.9. The smallest absolute Gasteiger partial charge is 0.272 e. The molecule has 90 valence electrons. The number of fused-ring (bicyclic) bond motifs is 1. The van der Waals surface area contributed by atoms with Crippen LogP contribution in [0.4, 0.5) is 5.69 Å². The third-order valence-corrected chi connectivity index (χ3v) is 3.96. The summed E-state index contributed by atoms with van der Waals surface area (Å²) in [7, 11) is 0. The maximum absolute atomic E-state index is 12.3. The molecular formula is C13H9ClN2OS. The molecule has 0 bridgehead atoms. The average molecular weight is 277 g/mol. The second-order valence-electron chi connectivity index (χ2n) is 3.88. The molecule has 3 aromatic rings. The molecule has 0 radical (unpaired) electrons. The number of carbonyl (C=O) groups is 1. The second kappa shape index (κ2) is 4.15. The van der Waals surface area contributed by atoms with Gasteiger partial charge in [0.2, 0.25) is 0 Å². The van der Waals surface area contributed by atoms with Crippen LogP contribution in [0.1, 0.15) is 9.67 Å². The van der Waals surface area contributed by atoms with Crippen LogP contribution in [-0.4, -0.2) is 10.5 Å². The van der Waals surface area contributed by atoms with E-state index in [1.807, 2.05) is 24.3 Å². The Kier molecular flexibility index (Phi) is 2.61. The lowest BCUT2D eigenvalue weighted by Crippen LogP contribution is -2.08. The van der Waals surface area contributed by atoms with Gasteiger partial charge in [-0.15, -0.1) is 11.3 Å². The molecule has 0 fully saturated rings. The summed E-state index contributed by atoms with van der Waals surface area (Å²) < 4.78 is 2.16. The van der Waals surface area contributed by atoms with E-state index in [1.165, 1.54) is 11.3 Å². The SMILES string of the molecule is Nc1cn(C(=O)c2ccc(Cl)s2)c2ccccc12. The van der Waals surface area contributed by atoms with Gasteiger partial charge in [0.1, 0.15) is 0 Å². The Balaban J connectivity index is 2.18. The number of para-hydroxylation sites is 1. The van der Waals surface area contributed by atoms with Crippen LogP contribution < -0.4 is 5.73 Å². The molecule has 0 aliphatic heterocycles. The van der Waals surface area contributed by atoms with Gasteiger partial charge in [-0.1, -0.05) is 29.8 Å². The normalized spacial score (nSPS) is 10.9. The number of rotatable bonds is 1. The highest BCUT2D eigenvalue weighted by Crippen LogP contribution is 2.27. The minimum atomic E-state index is -0.111. The molecule has 3 nitrogen and oxygen atoms in total. The quantitative estimate of drug-likeness (QED) is 0.738. The van der Waals surface area contributed by atoms with E-state index in [2.05, 4.69) is 0 Å². The Morgan fingerprint density at radius 2 is 2.00 bits per heavy atom. The predicted molar refractivity (Wildman–Crippen MR) is 75.4 cm³/mol. The van der Waals surface area contributed by atoms with Crippen molar-refractivity contribution >= 4 is 45.4 Å². The molecule has 18 heavy (non-hydrogen) atoms. The van der Waals surface area contributed by atoms with Crippen molar-refractivity contribution < 1.29 is 4.79 Å². The molecule has 5 heteroatoms. The van der Waals surface area contributed by atoms with Gasteiger partial charge < -0.3 is 5.73 Å². The molecule has 0 unspecified atom stereocenters. The first-order valence-electron chi connectivity index (χ1n) is 5.32. The monoisotopic (exact) mass is 276 g/mol. The van der Waals surface area contributed by atoms with E-state index >= 15 is 0 Å². The van der Waals surface area contributed by atoms with Crippen molar-refractivity contribution in [2.24, 2.45) is 0 Å². The largest absolute Gasteiger partial charge is 0.397 e. The molecule has 0 spiro atoms. The Labute approximate surface area is 112 Å². The number of anilines is 1. The van der Waals surface area contributed by atoms with Crippen molar-refractivity contribution in [3.05, 3.63) is 51.8 Å². The third kappa shape index (κ3) is 1.70. The average Bonchev–Trinajstić information content (AvgIpc) is 2.94. The molecular weight excluding hydrogens is 268 g/mol. The highest BCUT2D eigenvalue weighted by atomic mass is 35.5. The van der Waals surface area contributed by atoms with Crippen molar-refractivity contribution in [3.63, 3.8) is 0 Å². The lowest BCUT2D eigenvalue weighted by molar-refractivity contribution is 0.0969. The molecule has 2 N–H and O–H groups in total. The summed E-state index contributed by atoms with van der Waals surface area (Å²) in [6.45, 7) is 0. The van der Waals surface area contributed by atoms with Crippen LogP contribution in [-0.2, 0) is 0 Å². The Bertz CT molecular complexity index is 744. The molecule has 2 aromatic heterocycles. The van der Waals surface area contributed by atoms with Gasteiger partial charge >= 0.3 is 0 Å². The molecule has 2 heterocycles. The van der Waals surface area contributed by atoms with Crippen molar-refractivity contribution in [1.82, 2.24) is 4.57 Å². The van der Waals surface area contributed by atoms with Crippen LogP contribution in [0, 0.1) is 0 Å². The van der Waals surface area contributed by atoms with Crippen LogP contribution >= 0.6 is 22.9 Å². The van der Waals surface area contributed by atoms with E-state index in [1.54, 1.807) is 22.9 Å². The standard InChI is InChI=1S/C13H9ClN2OS/c14-12-6-5-11(18-12)13(17)16-7-9(15)8-3-1-2-4-10(8)16/h1-7H,15H2. The maximum Gasteiger partial charge on any atom is 0.272 e. The molecule has 0 amide bonds. The zero-order valence-electron chi connectivity index (χ0n) is 9.26. The number of hydrogen-bond acceptors (Lipinski definition) is 3. The summed E-state index contributed by atoms with van der Waals surface area (Å²) in [6.07, 6.45) is 1.65. The van der Waals surface area contributed by atoms with Crippen molar-refractivity contribution in [1.29, 1.82) is 0 Å².